The highest BCUT2D eigenvalue weighted by Gasteiger charge is 2.23. The molecule has 2 rings (SSSR count). The Morgan fingerprint density at radius 3 is 2.29 bits per heavy atom. The highest BCUT2D eigenvalue weighted by molar-refractivity contribution is 5.25. The van der Waals surface area contributed by atoms with Crippen molar-refractivity contribution in [2.75, 3.05) is 7.05 Å². The van der Waals surface area contributed by atoms with E-state index < -0.39 is 0 Å². The molecule has 0 bridgehead atoms. The lowest BCUT2D eigenvalue weighted by molar-refractivity contribution is 0.187. The van der Waals surface area contributed by atoms with Gasteiger partial charge in [-0.3, -0.25) is 4.90 Å². The summed E-state index contributed by atoms with van der Waals surface area (Å²) in [5.41, 5.74) is 8.91. The van der Waals surface area contributed by atoms with Crippen LogP contribution in [0.4, 0.5) is 0 Å². The minimum Gasteiger partial charge on any atom is -0.465 e. The van der Waals surface area contributed by atoms with E-state index in [-0.39, 0.29) is 12.1 Å². The lowest BCUT2D eigenvalue weighted by Crippen LogP contribution is -2.38. The molecule has 2 aromatic rings. The van der Waals surface area contributed by atoms with E-state index >= 15 is 0 Å². The molecule has 114 valence electrons. The number of rotatable bonds is 6. The summed E-state index contributed by atoms with van der Waals surface area (Å²) in [6, 6.07) is 13.0. The van der Waals surface area contributed by atoms with Gasteiger partial charge in [-0.25, -0.2) is 0 Å². The molecule has 1 aromatic heterocycles. The summed E-state index contributed by atoms with van der Waals surface area (Å²) in [7, 11) is 2.11. The Morgan fingerprint density at radius 2 is 1.76 bits per heavy atom. The Kier molecular flexibility index (Phi) is 5.21. The minimum atomic E-state index is 0.105. The van der Waals surface area contributed by atoms with E-state index in [1.54, 1.807) is 0 Å². The molecule has 0 radical (unpaired) electrons. The first-order valence-corrected chi connectivity index (χ1v) is 7.59. The Hall–Kier alpha value is -1.58. The van der Waals surface area contributed by atoms with Crippen LogP contribution in [-0.2, 0) is 6.54 Å². The molecule has 0 amide bonds. The summed E-state index contributed by atoms with van der Waals surface area (Å²) in [6.45, 7) is 6.98. The zero-order chi connectivity index (χ0) is 15.4. The number of furan rings is 1. The largest absolute Gasteiger partial charge is 0.465 e. The van der Waals surface area contributed by atoms with Crippen LogP contribution in [0, 0.1) is 13.8 Å². The van der Waals surface area contributed by atoms with E-state index in [0.29, 0.717) is 0 Å². The number of nitrogens with zero attached hydrogens (tertiary/aromatic N) is 1. The van der Waals surface area contributed by atoms with Crippen molar-refractivity contribution < 1.29 is 4.42 Å². The predicted molar refractivity (Wildman–Crippen MR) is 87.1 cm³/mol. The molecule has 3 nitrogen and oxygen atoms in total. The van der Waals surface area contributed by atoms with Crippen molar-refractivity contribution in [2.45, 2.75) is 45.8 Å². The van der Waals surface area contributed by atoms with Crippen LogP contribution in [0.25, 0.3) is 0 Å². The minimum absolute atomic E-state index is 0.105. The van der Waals surface area contributed by atoms with Gasteiger partial charge in [0.2, 0.25) is 0 Å². The summed E-state index contributed by atoms with van der Waals surface area (Å²) in [5, 5.41) is 0. The van der Waals surface area contributed by atoms with E-state index in [9.17, 15) is 0 Å². The van der Waals surface area contributed by atoms with Gasteiger partial charge in [0.1, 0.15) is 11.5 Å². The molecule has 1 aromatic carbocycles. The fraction of sp³-hybridized carbons (Fsp3) is 0.444. The fourth-order valence-electron chi connectivity index (χ4n) is 2.73. The summed E-state index contributed by atoms with van der Waals surface area (Å²) in [6.07, 6.45) is 0.945. The maximum Gasteiger partial charge on any atom is 0.118 e. The molecule has 0 saturated carbocycles. The Morgan fingerprint density at radius 1 is 1.10 bits per heavy atom. The molecule has 21 heavy (non-hydrogen) atoms. The first-order chi connectivity index (χ1) is 10.0. The summed E-state index contributed by atoms with van der Waals surface area (Å²) in [4.78, 5) is 2.27. The number of hydrogen-bond acceptors (Lipinski definition) is 3. The topological polar surface area (TPSA) is 42.4 Å². The average molecular weight is 286 g/mol. The van der Waals surface area contributed by atoms with Crippen molar-refractivity contribution in [3.8, 4) is 0 Å². The quantitative estimate of drug-likeness (QED) is 0.878. The monoisotopic (exact) mass is 286 g/mol. The van der Waals surface area contributed by atoms with Crippen LogP contribution in [-0.4, -0.2) is 18.0 Å². The van der Waals surface area contributed by atoms with Crippen molar-refractivity contribution >= 4 is 0 Å². The number of likely N-dealkylation sites (N-methyl/N-ethyl adjacent to an activating group) is 1. The molecule has 0 aliphatic rings. The summed E-state index contributed by atoms with van der Waals surface area (Å²) < 4.78 is 5.69. The molecule has 1 heterocycles. The molecule has 0 saturated heterocycles. The summed E-state index contributed by atoms with van der Waals surface area (Å²) in [5.74, 6) is 1.93. The number of hydrogen-bond donors (Lipinski definition) is 1. The van der Waals surface area contributed by atoms with Gasteiger partial charge in [-0.05, 0) is 45.0 Å². The molecular formula is C18H26N2O. The second-order valence-corrected chi connectivity index (χ2v) is 5.86. The Labute approximate surface area is 127 Å². The number of benzene rings is 1. The van der Waals surface area contributed by atoms with Gasteiger partial charge in [0.15, 0.2) is 0 Å². The first-order valence-electron chi connectivity index (χ1n) is 7.59. The van der Waals surface area contributed by atoms with Gasteiger partial charge in [0, 0.05) is 6.04 Å². The lowest BCUT2D eigenvalue weighted by Gasteiger charge is -2.32. The maximum absolute atomic E-state index is 6.37. The Balaban J connectivity index is 2.20. The third-order valence-corrected chi connectivity index (χ3v) is 3.97. The highest BCUT2D eigenvalue weighted by Crippen LogP contribution is 2.26. The Bertz CT molecular complexity index is 559. The van der Waals surface area contributed by atoms with Gasteiger partial charge in [0.05, 0.1) is 12.6 Å². The standard InChI is InChI=1S/C18H26N2O/c1-5-17(19)18(15-9-6-13(2)7-10-15)20(4)12-16-11-8-14(3)21-16/h6-11,17-18H,5,12,19H2,1-4H3. The smallest absolute Gasteiger partial charge is 0.118 e. The van der Waals surface area contributed by atoms with E-state index in [1.807, 2.05) is 19.1 Å². The van der Waals surface area contributed by atoms with E-state index in [2.05, 4.69) is 50.1 Å². The van der Waals surface area contributed by atoms with E-state index in [1.165, 1.54) is 11.1 Å². The predicted octanol–water partition coefficient (Wildman–Crippen LogP) is 3.81. The maximum atomic E-state index is 6.37. The third kappa shape index (κ3) is 3.96. The van der Waals surface area contributed by atoms with E-state index in [0.717, 1.165) is 24.5 Å². The normalized spacial score (nSPS) is 14.4. The van der Waals surface area contributed by atoms with Crippen LogP contribution in [0.3, 0.4) is 0 Å². The van der Waals surface area contributed by atoms with Crippen LogP contribution in [0.15, 0.2) is 40.8 Å². The van der Waals surface area contributed by atoms with Gasteiger partial charge in [0.25, 0.3) is 0 Å². The van der Waals surface area contributed by atoms with Crippen LogP contribution >= 0.6 is 0 Å². The number of aryl methyl sites for hydroxylation is 2. The molecule has 2 unspecified atom stereocenters. The average Bonchev–Trinajstić information content (AvgIpc) is 2.86. The van der Waals surface area contributed by atoms with Gasteiger partial charge in [-0.2, -0.15) is 0 Å². The van der Waals surface area contributed by atoms with Crippen molar-refractivity contribution in [2.24, 2.45) is 5.73 Å². The van der Waals surface area contributed by atoms with Crippen molar-refractivity contribution in [3.05, 3.63) is 59.0 Å². The summed E-state index contributed by atoms with van der Waals surface area (Å²) >= 11 is 0. The molecule has 2 N–H and O–H groups in total. The molecule has 0 spiro atoms. The zero-order valence-corrected chi connectivity index (χ0v) is 13.5. The van der Waals surface area contributed by atoms with Crippen molar-refractivity contribution in [1.82, 2.24) is 4.90 Å². The SMILES string of the molecule is CCC(N)C(c1ccc(C)cc1)N(C)Cc1ccc(C)o1. The van der Waals surface area contributed by atoms with Gasteiger partial charge in [-0.1, -0.05) is 36.8 Å². The van der Waals surface area contributed by atoms with Crippen LogP contribution < -0.4 is 5.73 Å². The zero-order valence-electron chi connectivity index (χ0n) is 13.5. The van der Waals surface area contributed by atoms with Crippen LogP contribution in [0.5, 0.6) is 0 Å². The molecule has 0 aliphatic carbocycles. The molecule has 0 fully saturated rings. The van der Waals surface area contributed by atoms with Crippen LogP contribution in [0.2, 0.25) is 0 Å². The first kappa shape index (κ1) is 15.8. The molecule has 0 aliphatic heterocycles. The highest BCUT2D eigenvalue weighted by atomic mass is 16.3. The fourth-order valence-corrected chi connectivity index (χ4v) is 2.73. The third-order valence-electron chi connectivity index (χ3n) is 3.97. The molecular weight excluding hydrogens is 260 g/mol. The van der Waals surface area contributed by atoms with Gasteiger partial charge < -0.3 is 10.2 Å². The van der Waals surface area contributed by atoms with E-state index in [4.69, 9.17) is 10.2 Å². The molecule has 3 heteroatoms. The van der Waals surface area contributed by atoms with Gasteiger partial charge >= 0.3 is 0 Å². The lowest BCUT2D eigenvalue weighted by atomic mass is 9.96. The molecule has 2 atom stereocenters. The van der Waals surface area contributed by atoms with Crippen molar-refractivity contribution in [1.29, 1.82) is 0 Å². The second kappa shape index (κ2) is 6.92. The second-order valence-electron chi connectivity index (χ2n) is 5.86. The van der Waals surface area contributed by atoms with Gasteiger partial charge in [-0.15, -0.1) is 0 Å². The van der Waals surface area contributed by atoms with Crippen molar-refractivity contribution in [3.63, 3.8) is 0 Å². The number of nitrogens with two attached hydrogens (primary N) is 1. The van der Waals surface area contributed by atoms with Crippen LogP contribution in [0.1, 0.15) is 42.0 Å².